The van der Waals surface area contributed by atoms with Gasteiger partial charge in [-0.25, -0.2) is 4.39 Å². The lowest BCUT2D eigenvalue weighted by atomic mass is 9.48. The topological polar surface area (TPSA) is 36.4 Å². The molecule has 0 saturated heterocycles. The second-order valence-electron chi connectivity index (χ2n) is 9.15. The first-order valence-corrected chi connectivity index (χ1v) is 10.9. The van der Waals surface area contributed by atoms with Crippen molar-refractivity contribution in [2.24, 2.45) is 22.9 Å². The van der Waals surface area contributed by atoms with Gasteiger partial charge in [-0.2, -0.15) is 5.10 Å². The third kappa shape index (κ3) is 3.93. The molecule has 0 aliphatic heterocycles. The van der Waals surface area contributed by atoms with E-state index in [9.17, 15) is 4.39 Å². The summed E-state index contributed by atoms with van der Waals surface area (Å²) in [4.78, 5) is 0. The number of nitrogens with one attached hydrogen (secondary N) is 2. The van der Waals surface area contributed by atoms with E-state index in [2.05, 4.69) is 40.1 Å². The number of halogens is 1. The molecule has 0 radical (unpaired) electrons. The Bertz CT molecular complexity index is 885. The van der Waals surface area contributed by atoms with Crippen molar-refractivity contribution in [2.45, 2.75) is 43.9 Å². The number of hydrogen-bond acceptors (Lipinski definition) is 2. The molecule has 2 N–H and O–H groups in total. The third-order valence-corrected chi connectivity index (χ3v) is 7.24. The van der Waals surface area contributed by atoms with Crippen LogP contribution in [0.5, 0.6) is 0 Å². The molecule has 150 valence electrons. The summed E-state index contributed by atoms with van der Waals surface area (Å²) in [6, 6.07) is 15.0. The Kier molecular flexibility index (Phi) is 4.86. The average Bonchev–Trinajstić information content (AvgIpc) is 2.69. The van der Waals surface area contributed by atoms with Crippen LogP contribution in [0.3, 0.4) is 0 Å². The molecule has 0 amide bonds. The molecule has 3 nitrogen and oxygen atoms in total. The van der Waals surface area contributed by atoms with Gasteiger partial charge in [0, 0.05) is 5.69 Å². The predicted molar refractivity (Wildman–Crippen MR) is 120 cm³/mol. The number of thiocarbonyl (C=S) groups is 1. The van der Waals surface area contributed by atoms with Crippen molar-refractivity contribution < 1.29 is 4.39 Å². The monoisotopic (exact) mass is 407 g/mol. The zero-order chi connectivity index (χ0) is 19.8. The van der Waals surface area contributed by atoms with Crippen molar-refractivity contribution in [1.29, 1.82) is 0 Å². The summed E-state index contributed by atoms with van der Waals surface area (Å²) < 4.78 is 13.0. The summed E-state index contributed by atoms with van der Waals surface area (Å²) >= 11 is 5.22. The molecule has 29 heavy (non-hydrogen) atoms. The molecule has 0 heterocycles. The van der Waals surface area contributed by atoms with E-state index in [0.717, 1.165) is 29.0 Å². The second-order valence-corrected chi connectivity index (χ2v) is 9.56. The maximum Gasteiger partial charge on any atom is 0.191 e. The van der Waals surface area contributed by atoms with Gasteiger partial charge < -0.3 is 5.32 Å². The lowest BCUT2D eigenvalue weighted by Crippen LogP contribution is -2.48. The first kappa shape index (κ1) is 18.7. The smallest absolute Gasteiger partial charge is 0.191 e. The van der Waals surface area contributed by atoms with Gasteiger partial charge in [0.2, 0.25) is 0 Å². The number of nitrogens with zero attached hydrogens (tertiary/aromatic N) is 1. The van der Waals surface area contributed by atoms with Gasteiger partial charge in [-0.3, -0.25) is 5.43 Å². The van der Waals surface area contributed by atoms with E-state index in [1.807, 2.05) is 0 Å². The van der Waals surface area contributed by atoms with Crippen LogP contribution >= 0.6 is 12.2 Å². The molecule has 0 spiro atoms. The minimum absolute atomic E-state index is 0.274. The Labute approximate surface area is 176 Å². The quantitative estimate of drug-likeness (QED) is 0.393. The van der Waals surface area contributed by atoms with E-state index in [1.54, 1.807) is 18.3 Å². The first-order chi connectivity index (χ1) is 14.1. The highest BCUT2D eigenvalue weighted by Crippen LogP contribution is 2.60. The SMILES string of the molecule is Fc1ccc(NC(=S)NN=Cc2ccc(C34CC5CC(CC(C5)C3)C4)cc2)cc1. The number of rotatable bonds is 4. The molecule has 2 aromatic carbocycles. The van der Waals surface area contributed by atoms with Crippen LogP contribution in [0.1, 0.15) is 49.7 Å². The van der Waals surface area contributed by atoms with Crippen molar-refractivity contribution >= 4 is 29.2 Å². The molecule has 6 rings (SSSR count). The second kappa shape index (κ2) is 7.52. The summed E-state index contributed by atoms with van der Waals surface area (Å²) in [5.74, 6) is 2.60. The third-order valence-electron chi connectivity index (χ3n) is 7.04. The standard InChI is InChI=1S/C24H26FN3S/c25-21-5-7-22(8-6-21)27-23(29)28-26-15-16-1-3-20(4-2-16)24-12-17-9-18(13-24)11-19(10-17)14-24/h1-8,15,17-19H,9-14H2,(H2,27,28,29). The van der Waals surface area contributed by atoms with E-state index in [4.69, 9.17) is 12.2 Å². The van der Waals surface area contributed by atoms with E-state index >= 15 is 0 Å². The van der Waals surface area contributed by atoms with Gasteiger partial charge in [0.05, 0.1) is 6.21 Å². The minimum atomic E-state index is -0.274. The summed E-state index contributed by atoms with van der Waals surface area (Å²) in [5, 5.41) is 7.58. The highest BCUT2D eigenvalue weighted by atomic mass is 32.1. The number of anilines is 1. The van der Waals surface area contributed by atoms with Crippen LogP contribution in [0.2, 0.25) is 0 Å². The lowest BCUT2D eigenvalue weighted by molar-refractivity contribution is -0.00518. The van der Waals surface area contributed by atoms with Gasteiger partial charge in [-0.15, -0.1) is 0 Å². The lowest BCUT2D eigenvalue weighted by Gasteiger charge is -2.57. The summed E-state index contributed by atoms with van der Waals surface area (Å²) in [7, 11) is 0. The van der Waals surface area contributed by atoms with Crippen LogP contribution in [0.25, 0.3) is 0 Å². The van der Waals surface area contributed by atoms with Gasteiger partial charge in [-0.05, 0) is 109 Å². The highest BCUT2D eigenvalue weighted by Gasteiger charge is 2.51. The Morgan fingerprint density at radius 3 is 2.10 bits per heavy atom. The van der Waals surface area contributed by atoms with Crippen LogP contribution in [0, 0.1) is 23.6 Å². The van der Waals surface area contributed by atoms with Gasteiger partial charge in [-0.1, -0.05) is 24.3 Å². The fourth-order valence-electron chi connectivity index (χ4n) is 6.24. The Hall–Kier alpha value is -2.27. The molecule has 4 fully saturated rings. The molecule has 4 aliphatic rings. The van der Waals surface area contributed by atoms with Crippen LogP contribution in [0.4, 0.5) is 10.1 Å². The minimum Gasteiger partial charge on any atom is -0.331 e. The van der Waals surface area contributed by atoms with E-state index in [-0.39, 0.29) is 5.82 Å². The maximum atomic E-state index is 13.0. The molecule has 4 saturated carbocycles. The van der Waals surface area contributed by atoms with Crippen molar-refractivity contribution in [2.75, 3.05) is 5.32 Å². The molecule has 2 aromatic rings. The molecule has 4 aliphatic carbocycles. The van der Waals surface area contributed by atoms with Gasteiger partial charge in [0.25, 0.3) is 0 Å². The van der Waals surface area contributed by atoms with Crippen molar-refractivity contribution in [3.8, 4) is 0 Å². The van der Waals surface area contributed by atoms with Crippen molar-refractivity contribution in [3.05, 3.63) is 65.5 Å². The average molecular weight is 408 g/mol. The number of benzene rings is 2. The Morgan fingerprint density at radius 2 is 1.52 bits per heavy atom. The van der Waals surface area contributed by atoms with Crippen molar-refractivity contribution in [1.82, 2.24) is 5.43 Å². The first-order valence-electron chi connectivity index (χ1n) is 10.5. The number of hydrazone groups is 1. The molecule has 4 bridgehead atoms. The highest BCUT2D eigenvalue weighted by molar-refractivity contribution is 7.80. The summed E-state index contributed by atoms with van der Waals surface area (Å²) in [6.07, 6.45) is 10.4. The van der Waals surface area contributed by atoms with Crippen molar-refractivity contribution in [3.63, 3.8) is 0 Å². The van der Waals surface area contributed by atoms with Gasteiger partial charge in [0.1, 0.15) is 5.82 Å². The zero-order valence-corrected chi connectivity index (χ0v) is 17.2. The van der Waals surface area contributed by atoms with Crippen LogP contribution in [-0.4, -0.2) is 11.3 Å². The van der Waals surface area contributed by atoms with Crippen LogP contribution in [0.15, 0.2) is 53.6 Å². The zero-order valence-electron chi connectivity index (χ0n) is 16.4. The molecule has 0 atom stereocenters. The Balaban J connectivity index is 1.20. The van der Waals surface area contributed by atoms with Crippen LogP contribution in [-0.2, 0) is 5.41 Å². The van der Waals surface area contributed by atoms with E-state index in [0.29, 0.717) is 10.5 Å². The number of hydrogen-bond donors (Lipinski definition) is 2. The molecule has 5 heteroatoms. The fourth-order valence-corrected chi connectivity index (χ4v) is 6.42. The van der Waals surface area contributed by atoms with E-state index in [1.165, 1.54) is 56.2 Å². The summed E-state index contributed by atoms with van der Waals surface area (Å²) in [6.45, 7) is 0. The molecular formula is C24H26FN3S. The molecule has 0 unspecified atom stereocenters. The van der Waals surface area contributed by atoms with Crippen LogP contribution < -0.4 is 10.7 Å². The normalized spacial score (nSPS) is 29.9. The van der Waals surface area contributed by atoms with Gasteiger partial charge >= 0.3 is 0 Å². The summed E-state index contributed by atoms with van der Waals surface area (Å²) in [5.41, 5.74) is 6.54. The van der Waals surface area contributed by atoms with E-state index < -0.39 is 0 Å². The predicted octanol–water partition coefficient (Wildman–Crippen LogP) is 5.61. The maximum absolute atomic E-state index is 13.0. The Morgan fingerprint density at radius 1 is 0.931 bits per heavy atom. The fraction of sp³-hybridized carbons (Fsp3) is 0.417. The largest absolute Gasteiger partial charge is 0.331 e. The van der Waals surface area contributed by atoms with Gasteiger partial charge in [0.15, 0.2) is 5.11 Å². The molecular weight excluding hydrogens is 381 g/mol. The molecule has 0 aromatic heterocycles.